The van der Waals surface area contributed by atoms with E-state index in [9.17, 15) is 0 Å². The number of nitrogens with zero attached hydrogens (tertiary/aromatic N) is 2. The molecule has 2 heterocycles. The Balaban J connectivity index is 2.24. The number of nitrogen functional groups attached to an aromatic ring is 1. The SMILES string of the molecule is CCCc1noc(-c2ccc(N)s2)n1. The summed E-state index contributed by atoms with van der Waals surface area (Å²) < 4.78 is 5.11. The molecule has 2 aromatic heterocycles. The Bertz CT molecular complexity index is 421. The first-order chi connectivity index (χ1) is 6.79. The molecule has 2 rings (SSSR count). The first-order valence-electron chi connectivity index (χ1n) is 4.48. The molecule has 0 atom stereocenters. The summed E-state index contributed by atoms with van der Waals surface area (Å²) in [5.74, 6) is 1.32. The van der Waals surface area contributed by atoms with Crippen LogP contribution in [-0.2, 0) is 6.42 Å². The minimum atomic E-state index is 0.565. The average Bonchev–Trinajstić information content (AvgIpc) is 2.74. The van der Waals surface area contributed by atoms with Gasteiger partial charge in [0.2, 0.25) is 0 Å². The molecule has 0 aliphatic heterocycles. The molecule has 5 heteroatoms. The zero-order chi connectivity index (χ0) is 9.97. The van der Waals surface area contributed by atoms with Gasteiger partial charge >= 0.3 is 0 Å². The molecule has 0 aliphatic carbocycles. The molecule has 0 radical (unpaired) electrons. The molecule has 2 N–H and O–H groups in total. The zero-order valence-electron chi connectivity index (χ0n) is 7.86. The molecule has 0 saturated carbocycles. The second kappa shape index (κ2) is 3.79. The fraction of sp³-hybridized carbons (Fsp3) is 0.333. The number of hydrogen-bond donors (Lipinski definition) is 1. The van der Waals surface area contributed by atoms with E-state index in [1.165, 1.54) is 11.3 Å². The van der Waals surface area contributed by atoms with Crippen LogP contribution in [0.1, 0.15) is 19.2 Å². The lowest BCUT2D eigenvalue weighted by Crippen LogP contribution is -1.84. The van der Waals surface area contributed by atoms with Crippen molar-refractivity contribution in [1.82, 2.24) is 10.1 Å². The largest absolute Gasteiger partial charge is 0.391 e. The maximum Gasteiger partial charge on any atom is 0.268 e. The number of hydrogen-bond acceptors (Lipinski definition) is 5. The summed E-state index contributed by atoms with van der Waals surface area (Å²) in [4.78, 5) is 5.19. The minimum absolute atomic E-state index is 0.565. The van der Waals surface area contributed by atoms with Gasteiger partial charge in [0, 0.05) is 6.42 Å². The van der Waals surface area contributed by atoms with Crippen molar-refractivity contribution < 1.29 is 4.52 Å². The summed E-state index contributed by atoms with van der Waals surface area (Å²) >= 11 is 1.45. The van der Waals surface area contributed by atoms with Gasteiger partial charge in [0.1, 0.15) is 0 Å². The Morgan fingerprint density at radius 1 is 1.50 bits per heavy atom. The molecular formula is C9H11N3OS. The molecule has 14 heavy (non-hydrogen) atoms. The number of thiophene rings is 1. The Morgan fingerprint density at radius 2 is 2.36 bits per heavy atom. The summed E-state index contributed by atoms with van der Waals surface area (Å²) in [5.41, 5.74) is 5.61. The summed E-state index contributed by atoms with van der Waals surface area (Å²) in [6.07, 6.45) is 1.87. The van der Waals surface area contributed by atoms with Crippen molar-refractivity contribution in [3.05, 3.63) is 18.0 Å². The number of aryl methyl sites for hydroxylation is 1. The molecular weight excluding hydrogens is 198 g/mol. The predicted molar refractivity (Wildman–Crippen MR) is 56.0 cm³/mol. The van der Waals surface area contributed by atoms with E-state index >= 15 is 0 Å². The highest BCUT2D eigenvalue weighted by Gasteiger charge is 2.09. The fourth-order valence-electron chi connectivity index (χ4n) is 1.15. The van der Waals surface area contributed by atoms with Gasteiger partial charge in [0.05, 0.1) is 9.88 Å². The van der Waals surface area contributed by atoms with Crippen LogP contribution in [0, 0.1) is 0 Å². The molecule has 74 valence electrons. The summed E-state index contributed by atoms with van der Waals surface area (Å²) in [6.45, 7) is 2.08. The number of rotatable bonds is 3. The summed E-state index contributed by atoms with van der Waals surface area (Å²) in [6, 6.07) is 3.73. The van der Waals surface area contributed by atoms with E-state index in [0.717, 1.165) is 28.5 Å². The normalized spacial score (nSPS) is 10.6. The molecule has 0 spiro atoms. The quantitative estimate of drug-likeness (QED) is 0.842. The molecule has 0 aromatic carbocycles. The Labute approximate surface area is 85.7 Å². The molecule has 0 saturated heterocycles. The standard InChI is InChI=1S/C9H11N3OS/c1-2-3-8-11-9(13-12-8)6-4-5-7(10)14-6/h4-5H,2-3,10H2,1H3. The van der Waals surface area contributed by atoms with Crippen LogP contribution in [0.4, 0.5) is 5.00 Å². The molecule has 4 nitrogen and oxygen atoms in total. The molecule has 2 aromatic rings. The van der Waals surface area contributed by atoms with Gasteiger partial charge < -0.3 is 10.3 Å². The van der Waals surface area contributed by atoms with Crippen molar-refractivity contribution in [2.24, 2.45) is 0 Å². The Kier molecular flexibility index (Phi) is 2.49. The van der Waals surface area contributed by atoms with E-state index in [-0.39, 0.29) is 0 Å². The van der Waals surface area contributed by atoms with E-state index in [4.69, 9.17) is 10.3 Å². The Hall–Kier alpha value is -1.36. The summed E-state index contributed by atoms with van der Waals surface area (Å²) in [5, 5.41) is 4.63. The minimum Gasteiger partial charge on any atom is -0.391 e. The van der Waals surface area contributed by atoms with Gasteiger partial charge in [0.25, 0.3) is 5.89 Å². The first kappa shape index (κ1) is 9.21. The van der Waals surface area contributed by atoms with E-state index in [1.54, 1.807) is 0 Å². The van der Waals surface area contributed by atoms with Crippen molar-refractivity contribution in [3.63, 3.8) is 0 Å². The van der Waals surface area contributed by atoms with Gasteiger partial charge in [-0.05, 0) is 18.6 Å². The highest BCUT2D eigenvalue weighted by molar-refractivity contribution is 7.19. The van der Waals surface area contributed by atoms with Crippen LogP contribution >= 0.6 is 11.3 Å². The first-order valence-corrected chi connectivity index (χ1v) is 5.29. The lowest BCUT2D eigenvalue weighted by Gasteiger charge is -1.84. The third-order valence-electron chi connectivity index (χ3n) is 1.78. The lowest BCUT2D eigenvalue weighted by molar-refractivity contribution is 0.423. The fourth-order valence-corrected chi connectivity index (χ4v) is 1.84. The van der Waals surface area contributed by atoms with Crippen LogP contribution < -0.4 is 5.73 Å². The third kappa shape index (κ3) is 1.77. The van der Waals surface area contributed by atoms with E-state index in [0.29, 0.717) is 5.89 Å². The predicted octanol–water partition coefficient (Wildman–Crippen LogP) is 2.33. The maximum atomic E-state index is 5.61. The van der Waals surface area contributed by atoms with Gasteiger partial charge in [-0.15, -0.1) is 11.3 Å². The molecule has 0 bridgehead atoms. The number of nitrogens with two attached hydrogens (primary N) is 1. The summed E-state index contributed by atoms with van der Waals surface area (Å²) in [7, 11) is 0. The van der Waals surface area contributed by atoms with Gasteiger partial charge in [-0.2, -0.15) is 4.98 Å². The van der Waals surface area contributed by atoms with E-state index in [2.05, 4.69) is 17.1 Å². The van der Waals surface area contributed by atoms with Crippen molar-refractivity contribution in [2.75, 3.05) is 5.73 Å². The van der Waals surface area contributed by atoms with E-state index < -0.39 is 0 Å². The topological polar surface area (TPSA) is 64.9 Å². The second-order valence-electron chi connectivity index (χ2n) is 2.97. The van der Waals surface area contributed by atoms with Crippen molar-refractivity contribution in [1.29, 1.82) is 0 Å². The van der Waals surface area contributed by atoms with Crippen molar-refractivity contribution in [3.8, 4) is 10.8 Å². The van der Waals surface area contributed by atoms with Crippen LogP contribution in [0.25, 0.3) is 10.8 Å². The zero-order valence-corrected chi connectivity index (χ0v) is 8.67. The molecule has 0 unspecified atom stereocenters. The highest BCUT2D eigenvalue weighted by Crippen LogP contribution is 2.27. The van der Waals surface area contributed by atoms with Crippen LogP contribution in [-0.4, -0.2) is 10.1 Å². The monoisotopic (exact) mass is 209 g/mol. The lowest BCUT2D eigenvalue weighted by atomic mass is 10.3. The molecule has 0 aliphatic rings. The van der Waals surface area contributed by atoms with Gasteiger partial charge in [-0.1, -0.05) is 12.1 Å². The van der Waals surface area contributed by atoms with Gasteiger partial charge in [-0.3, -0.25) is 0 Å². The average molecular weight is 209 g/mol. The van der Waals surface area contributed by atoms with Crippen LogP contribution in [0.2, 0.25) is 0 Å². The van der Waals surface area contributed by atoms with Crippen LogP contribution in [0.5, 0.6) is 0 Å². The number of aromatic nitrogens is 2. The maximum absolute atomic E-state index is 5.61. The van der Waals surface area contributed by atoms with Gasteiger partial charge in [0.15, 0.2) is 5.82 Å². The molecule has 0 amide bonds. The highest BCUT2D eigenvalue weighted by atomic mass is 32.1. The smallest absolute Gasteiger partial charge is 0.268 e. The second-order valence-corrected chi connectivity index (χ2v) is 4.08. The van der Waals surface area contributed by atoms with Gasteiger partial charge in [-0.25, -0.2) is 0 Å². The third-order valence-corrected chi connectivity index (χ3v) is 2.68. The van der Waals surface area contributed by atoms with Crippen LogP contribution in [0.15, 0.2) is 16.7 Å². The molecule has 0 fully saturated rings. The number of anilines is 1. The van der Waals surface area contributed by atoms with Crippen molar-refractivity contribution in [2.45, 2.75) is 19.8 Å². The van der Waals surface area contributed by atoms with Crippen molar-refractivity contribution >= 4 is 16.3 Å². The van der Waals surface area contributed by atoms with Crippen LogP contribution in [0.3, 0.4) is 0 Å². The Morgan fingerprint density at radius 3 is 3.00 bits per heavy atom. The van der Waals surface area contributed by atoms with E-state index in [1.807, 2.05) is 12.1 Å².